The van der Waals surface area contributed by atoms with Crippen molar-refractivity contribution in [1.82, 2.24) is 8.97 Å². The fourth-order valence-electron chi connectivity index (χ4n) is 8.81. The van der Waals surface area contributed by atoms with Crippen LogP contribution in [0.1, 0.15) is 0 Å². The maximum absolute atomic E-state index is 6.28. The van der Waals surface area contributed by atoms with Crippen molar-refractivity contribution in [2.75, 3.05) is 0 Å². The SMILES string of the molecule is c1cc(-c2cccc3oc4ccccc4c23)cc(-n2c3cccc4c5ccccc5n5c6cc7ccccc7cc6c6ccc2c(c43)c65)c1. The quantitative estimate of drug-likeness (QED) is 0.188. The minimum atomic E-state index is 0.911. The van der Waals surface area contributed by atoms with Gasteiger partial charge in [-0.15, -0.1) is 0 Å². The van der Waals surface area contributed by atoms with Gasteiger partial charge in [0.25, 0.3) is 0 Å². The third kappa shape index (κ3) is 3.22. The summed E-state index contributed by atoms with van der Waals surface area (Å²) in [4.78, 5) is 0. The molecule has 0 saturated heterocycles. The highest BCUT2D eigenvalue weighted by molar-refractivity contribution is 6.33. The molecule has 49 heavy (non-hydrogen) atoms. The van der Waals surface area contributed by atoms with Crippen molar-refractivity contribution in [2.24, 2.45) is 0 Å². The Labute approximate surface area is 279 Å². The first-order valence-corrected chi connectivity index (χ1v) is 16.9. The summed E-state index contributed by atoms with van der Waals surface area (Å²) >= 11 is 0. The van der Waals surface area contributed by atoms with Gasteiger partial charge in [0.2, 0.25) is 0 Å². The smallest absolute Gasteiger partial charge is 0.136 e. The Hall–Kier alpha value is -6.58. The first-order valence-electron chi connectivity index (χ1n) is 16.9. The summed E-state index contributed by atoms with van der Waals surface area (Å²) in [6.07, 6.45) is 0. The van der Waals surface area contributed by atoms with Crippen molar-refractivity contribution in [2.45, 2.75) is 0 Å². The molecule has 0 atom stereocenters. The van der Waals surface area contributed by atoms with Crippen molar-refractivity contribution in [3.05, 3.63) is 158 Å². The number of hydrogen-bond acceptors (Lipinski definition) is 1. The van der Waals surface area contributed by atoms with E-state index < -0.39 is 0 Å². The van der Waals surface area contributed by atoms with E-state index in [0.717, 1.165) is 27.6 Å². The minimum absolute atomic E-state index is 0.911. The van der Waals surface area contributed by atoms with Gasteiger partial charge in [-0.05, 0) is 81.9 Å². The van der Waals surface area contributed by atoms with Gasteiger partial charge in [-0.2, -0.15) is 0 Å². The predicted molar refractivity (Wildman–Crippen MR) is 206 cm³/mol. The normalized spacial score (nSPS) is 12.5. The van der Waals surface area contributed by atoms with E-state index in [-0.39, 0.29) is 0 Å². The Morgan fingerprint density at radius 3 is 2.04 bits per heavy atom. The van der Waals surface area contributed by atoms with Crippen LogP contribution in [0.15, 0.2) is 162 Å². The first kappa shape index (κ1) is 25.5. The van der Waals surface area contributed by atoms with Gasteiger partial charge in [0.1, 0.15) is 11.2 Å². The molecule has 12 rings (SSSR count). The monoisotopic (exact) mass is 622 g/mol. The molecule has 0 amide bonds. The van der Waals surface area contributed by atoms with Crippen LogP contribution in [0.2, 0.25) is 0 Å². The van der Waals surface area contributed by atoms with Gasteiger partial charge in [-0.25, -0.2) is 0 Å². The molecular formula is C46H26N2O. The minimum Gasteiger partial charge on any atom is -0.456 e. The fraction of sp³-hybridized carbons (Fsp3) is 0. The summed E-state index contributed by atoms with van der Waals surface area (Å²) in [5.74, 6) is 0. The molecule has 0 saturated carbocycles. The highest BCUT2D eigenvalue weighted by Gasteiger charge is 2.23. The van der Waals surface area contributed by atoms with Crippen LogP contribution in [-0.4, -0.2) is 8.97 Å². The second-order valence-corrected chi connectivity index (χ2v) is 13.3. The van der Waals surface area contributed by atoms with E-state index in [1.54, 1.807) is 0 Å². The van der Waals surface area contributed by atoms with Crippen molar-refractivity contribution in [3.8, 4) is 16.8 Å². The first-order chi connectivity index (χ1) is 24.3. The molecular weight excluding hydrogens is 597 g/mol. The molecule has 0 fully saturated rings. The molecule has 0 spiro atoms. The van der Waals surface area contributed by atoms with Gasteiger partial charge in [0.15, 0.2) is 0 Å². The maximum atomic E-state index is 6.28. The van der Waals surface area contributed by atoms with Crippen molar-refractivity contribution in [3.63, 3.8) is 0 Å². The molecule has 0 N–H and O–H groups in total. The number of benzene rings is 8. The van der Waals surface area contributed by atoms with Crippen LogP contribution in [0.25, 0.3) is 109 Å². The van der Waals surface area contributed by atoms with E-state index in [1.807, 2.05) is 6.07 Å². The lowest BCUT2D eigenvalue weighted by atomic mass is 9.99. The van der Waals surface area contributed by atoms with Crippen LogP contribution in [0, 0.1) is 0 Å². The molecule has 0 radical (unpaired) electrons. The average molecular weight is 623 g/mol. The molecule has 3 nitrogen and oxygen atoms in total. The lowest BCUT2D eigenvalue weighted by Crippen LogP contribution is -1.95. The second kappa shape index (κ2) is 9.06. The van der Waals surface area contributed by atoms with Crippen LogP contribution >= 0.6 is 0 Å². The Morgan fingerprint density at radius 1 is 0.388 bits per heavy atom. The molecule has 0 unspecified atom stereocenters. The second-order valence-electron chi connectivity index (χ2n) is 13.3. The molecule has 0 aliphatic rings. The maximum Gasteiger partial charge on any atom is 0.136 e. The number of hydrogen-bond donors (Lipinski definition) is 0. The lowest BCUT2D eigenvalue weighted by molar-refractivity contribution is 0.669. The summed E-state index contributed by atoms with van der Waals surface area (Å²) in [6, 6.07) is 57.6. The molecule has 4 aromatic heterocycles. The van der Waals surface area contributed by atoms with Gasteiger partial charge < -0.3 is 13.4 Å². The largest absolute Gasteiger partial charge is 0.456 e. The third-order valence-electron chi connectivity index (χ3n) is 10.8. The highest BCUT2D eigenvalue weighted by Crippen LogP contribution is 2.46. The van der Waals surface area contributed by atoms with Gasteiger partial charge in [-0.3, -0.25) is 0 Å². The van der Waals surface area contributed by atoms with Crippen LogP contribution < -0.4 is 0 Å². The van der Waals surface area contributed by atoms with E-state index in [0.29, 0.717) is 0 Å². The van der Waals surface area contributed by atoms with E-state index in [9.17, 15) is 0 Å². The van der Waals surface area contributed by atoms with Crippen molar-refractivity contribution in [1.29, 1.82) is 0 Å². The standard InChI is InChI=1S/C46H26N2O/c1-2-11-28-26-40-36(25-27(28)10-1)34-22-23-39-45-44-33(32-14-3-5-18-37(32)48(40)46(34)45)17-8-19-38(44)47(39)30-13-7-12-29(24-30)31-16-9-21-42-43(31)35-15-4-6-20-41(35)49-42/h1-26H. The topological polar surface area (TPSA) is 22.5 Å². The summed E-state index contributed by atoms with van der Waals surface area (Å²) in [6.45, 7) is 0. The Kier molecular flexibility index (Phi) is 4.72. The number of fused-ring (bicyclic) bond motifs is 10. The molecule has 3 heteroatoms. The Bertz CT molecular complexity index is 3340. The number of rotatable bonds is 2. The number of para-hydroxylation sites is 2. The van der Waals surface area contributed by atoms with Gasteiger partial charge in [0, 0.05) is 43.4 Å². The molecule has 0 aliphatic carbocycles. The van der Waals surface area contributed by atoms with Crippen LogP contribution in [0.4, 0.5) is 0 Å². The van der Waals surface area contributed by atoms with E-state index >= 15 is 0 Å². The lowest BCUT2D eigenvalue weighted by Gasteiger charge is -2.12. The summed E-state index contributed by atoms with van der Waals surface area (Å²) < 4.78 is 11.3. The number of furan rings is 1. The summed E-state index contributed by atoms with van der Waals surface area (Å²) in [7, 11) is 0. The van der Waals surface area contributed by atoms with Crippen LogP contribution in [0.5, 0.6) is 0 Å². The predicted octanol–water partition coefficient (Wildman–Crippen LogP) is 12.7. The number of aromatic nitrogens is 2. The summed E-state index contributed by atoms with van der Waals surface area (Å²) in [5, 5.41) is 12.5. The average Bonchev–Trinajstić information content (AvgIpc) is 3.78. The van der Waals surface area contributed by atoms with Crippen molar-refractivity contribution >= 4 is 92.6 Å². The van der Waals surface area contributed by atoms with Crippen molar-refractivity contribution < 1.29 is 4.42 Å². The highest BCUT2D eigenvalue weighted by atomic mass is 16.3. The van der Waals surface area contributed by atoms with E-state index in [4.69, 9.17) is 4.42 Å². The fourth-order valence-corrected chi connectivity index (χ4v) is 8.81. The summed E-state index contributed by atoms with van der Waals surface area (Å²) in [5.41, 5.74) is 11.5. The van der Waals surface area contributed by atoms with E-state index in [1.165, 1.54) is 81.8 Å². The van der Waals surface area contributed by atoms with Crippen LogP contribution in [0.3, 0.4) is 0 Å². The molecule has 12 aromatic rings. The Balaban J connectivity index is 1.24. The van der Waals surface area contributed by atoms with Gasteiger partial charge in [0.05, 0.1) is 27.6 Å². The molecule has 4 heterocycles. The molecule has 226 valence electrons. The van der Waals surface area contributed by atoms with Gasteiger partial charge in [-0.1, -0.05) is 103 Å². The van der Waals surface area contributed by atoms with E-state index in [2.05, 4.69) is 161 Å². The zero-order valence-corrected chi connectivity index (χ0v) is 26.3. The third-order valence-corrected chi connectivity index (χ3v) is 10.8. The Morgan fingerprint density at radius 2 is 1.10 bits per heavy atom. The zero-order chi connectivity index (χ0) is 31.8. The van der Waals surface area contributed by atoms with Crippen LogP contribution in [-0.2, 0) is 0 Å². The number of nitrogens with zero attached hydrogens (tertiary/aromatic N) is 2. The molecule has 8 aromatic carbocycles. The van der Waals surface area contributed by atoms with Gasteiger partial charge >= 0.3 is 0 Å². The molecule has 0 aliphatic heterocycles. The molecule has 0 bridgehead atoms. The zero-order valence-electron chi connectivity index (χ0n) is 26.3.